The van der Waals surface area contributed by atoms with Gasteiger partial charge in [0.2, 0.25) is 0 Å². The molecule has 0 radical (unpaired) electrons. The Morgan fingerprint density at radius 1 is 0.909 bits per heavy atom. The van der Waals surface area contributed by atoms with Crippen molar-refractivity contribution in [3.8, 4) is 0 Å². The summed E-state index contributed by atoms with van der Waals surface area (Å²) in [5.41, 5.74) is 0. The van der Waals surface area contributed by atoms with E-state index in [0.717, 1.165) is 23.9 Å². The Morgan fingerprint density at radius 3 is 1.36 bits per heavy atom. The highest BCUT2D eigenvalue weighted by Crippen LogP contribution is 2.24. The van der Waals surface area contributed by atoms with E-state index in [-0.39, 0.29) is 13.1 Å². The van der Waals surface area contributed by atoms with Crippen molar-refractivity contribution in [1.82, 2.24) is 10.6 Å². The zero-order chi connectivity index (χ0) is 17.6. The molecule has 0 aliphatic rings. The number of hydrogen-bond acceptors (Lipinski definition) is 8. The van der Waals surface area contributed by atoms with E-state index in [2.05, 4.69) is 10.6 Å². The number of carbonyl (C=O) groups is 2. The van der Waals surface area contributed by atoms with Crippen molar-refractivity contribution in [3.05, 3.63) is 0 Å². The van der Waals surface area contributed by atoms with Gasteiger partial charge in [0.15, 0.2) is 0 Å². The van der Waals surface area contributed by atoms with Crippen LogP contribution in [0.4, 0.5) is 0 Å². The molecule has 0 aromatic rings. The summed E-state index contributed by atoms with van der Waals surface area (Å²) in [4.78, 5) is 22.6. The minimum absolute atomic E-state index is 0.288. The molecule has 0 bridgehead atoms. The lowest BCUT2D eigenvalue weighted by Crippen LogP contribution is -2.55. The van der Waals surface area contributed by atoms with Crippen LogP contribution in [0.25, 0.3) is 0 Å². The summed E-state index contributed by atoms with van der Waals surface area (Å²) in [6.45, 7) is 7.48. The molecule has 0 heterocycles. The smallest absolute Gasteiger partial charge is 0.322 e. The van der Waals surface area contributed by atoms with Crippen molar-refractivity contribution in [2.24, 2.45) is 10.3 Å². The average Bonchev–Trinajstić information content (AvgIpc) is 2.41. The van der Waals surface area contributed by atoms with Gasteiger partial charge in [-0.15, -0.1) is 0 Å². The minimum atomic E-state index is -1.00. The SMILES string of the molecule is CC(C)(SN)[C@@H](NCCN[C@@H](C(=O)O)C(C)(C)SN)C(=O)O. The van der Waals surface area contributed by atoms with Crippen LogP contribution in [0.5, 0.6) is 0 Å². The molecule has 10 heteroatoms. The van der Waals surface area contributed by atoms with Crippen LogP contribution in [-0.2, 0) is 9.59 Å². The Balaban J connectivity index is 4.56. The highest BCUT2D eigenvalue weighted by molar-refractivity contribution is 7.98. The highest BCUT2D eigenvalue weighted by Gasteiger charge is 2.36. The maximum atomic E-state index is 11.3. The molecule has 0 spiro atoms. The van der Waals surface area contributed by atoms with Crippen LogP contribution >= 0.6 is 23.9 Å². The van der Waals surface area contributed by atoms with Gasteiger partial charge in [-0.1, -0.05) is 23.9 Å². The van der Waals surface area contributed by atoms with E-state index < -0.39 is 33.5 Å². The van der Waals surface area contributed by atoms with Gasteiger partial charge < -0.3 is 20.8 Å². The Bertz CT molecular complexity index is 357. The van der Waals surface area contributed by atoms with E-state index in [1.54, 1.807) is 27.7 Å². The van der Waals surface area contributed by atoms with Gasteiger partial charge in [-0.05, 0) is 27.7 Å². The van der Waals surface area contributed by atoms with Gasteiger partial charge in [-0.2, -0.15) is 0 Å². The summed E-state index contributed by atoms with van der Waals surface area (Å²) in [5.74, 6) is -2.01. The van der Waals surface area contributed by atoms with E-state index >= 15 is 0 Å². The number of aliphatic carboxylic acids is 2. The minimum Gasteiger partial charge on any atom is -0.480 e. The highest BCUT2D eigenvalue weighted by atomic mass is 32.2. The molecular weight excluding hydrogens is 328 g/mol. The molecule has 0 saturated heterocycles. The molecule has 0 fully saturated rings. The zero-order valence-corrected chi connectivity index (χ0v) is 14.9. The molecule has 0 unspecified atom stereocenters. The van der Waals surface area contributed by atoms with Crippen LogP contribution in [-0.4, -0.2) is 56.8 Å². The Hall–Kier alpha value is -0.520. The van der Waals surface area contributed by atoms with Gasteiger partial charge in [0.05, 0.1) is 9.49 Å². The summed E-state index contributed by atoms with van der Waals surface area (Å²) in [6.07, 6.45) is 0. The van der Waals surface area contributed by atoms with Crippen molar-refractivity contribution in [2.45, 2.75) is 49.3 Å². The van der Waals surface area contributed by atoms with Gasteiger partial charge in [0.1, 0.15) is 12.1 Å². The molecule has 8 nitrogen and oxygen atoms in total. The molecule has 0 aromatic heterocycles. The van der Waals surface area contributed by atoms with Crippen LogP contribution in [0, 0.1) is 0 Å². The fraction of sp³-hybridized carbons (Fsp3) is 0.833. The van der Waals surface area contributed by atoms with Crippen LogP contribution in [0.3, 0.4) is 0 Å². The Labute approximate surface area is 139 Å². The number of carboxylic acids is 2. The van der Waals surface area contributed by atoms with Crippen molar-refractivity contribution in [2.75, 3.05) is 13.1 Å². The summed E-state index contributed by atoms with van der Waals surface area (Å²) >= 11 is 1.93. The molecule has 0 amide bonds. The first kappa shape index (κ1) is 21.5. The lowest BCUT2D eigenvalue weighted by Gasteiger charge is -2.31. The molecule has 0 aliphatic carbocycles. The fourth-order valence-electron chi connectivity index (χ4n) is 1.83. The quantitative estimate of drug-likeness (QED) is 0.218. The normalized spacial score (nSPS) is 15.4. The standard InChI is InChI=1S/C12H26N4O4S2/c1-11(2,21-13)7(9(17)18)15-5-6-16-8(10(19)20)12(3,4)22-14/h7-8,15-16H,5-6,13-14H2,1-4H3,(H,17,18)(H,19,20)/t7-,8-/m0/s1. The lowest BCUT2D eigenvalue weighted by molar-refractivity contribution is -0.141. The maximum Gasteiger partial charge on any atom is 0.322 e. The zero-order valence-electron chi connectivity index (χ0n) is 13.3. The van der Waals surface area contributed by atoms with Crippen molar-refractivity contribution >= 4 is 35.8 Å². The third-order valence-electron chi connectivity index (χ3n) is 3.31. The molecular formula is C12H26N4O4S2. The van der Waals surface area contributed by atoms with Gasteiger partial charge in [0, 0.05) is 13.1 Å². The van der Waals surface area contributed by atoms with Crippen molar-refractivity contribution in [3.63, 3.8) is 0 Å². The van der Waals surface area contributed by atoms with E-state index in [0.29, 0.717) is 0 Å². The summed E-state index contributed by atoms with van der Waals surface area (Å²) in [7, 11) is 0. The fourth-order valence-corrected chi connectivity index (χ4v) is 2.47. The van der Waals surface area contributed by atoms with E-state index in [4.69, 9.17) is 10.3 Å². The predicted molar refractivity (Wildman–Crippen MR) is 90.6 cm³/mol. The topological polar surface area (TPSA) is 151 Å². The van der Waals surface area contributed by atoms with Gasteiger partial charge in [0.25, 0.3) is 0 Å². The van der Waals surface area contributed by atoms with Crippen molar-refractivity contribution < 1.29 is 19.8 Å². The average molecular weight is 354 g/mol. The summed E-state index contributed by atoms with van der Waals surface area (Å²) in [5, 5.41) is 35.3. The van der Waals surface area contributed by atoms with Crippen molar-refractivity contribution in [1.29, 1.82) is 0 Å². The first-order chi connectivity index (χ1) is 9.99. The first-order valence-corrected chi connectivity index (χ1v) is 8.43. The summed E-state index contributed by atoms with van der Waals surface area (Å²) in [6, 6.07) is -1.69. The molecule has 0 rings (SSSR count). The molecule has 2 atom stereocenters. The molecule has 22 heavy (non-hydrogen) atoms. The number of nitrogens with one attached hydrogen (secondary N) is 2. The second-order valence-electron chi connectivity index (χ2n) is 5.89. The van der Waals surface area contributed by atoms with E-state index in [1.165, 1.54) is 0 Å². The molecule has 8 N–H and O–H groups in total. The van der Waals surface area contributed by atoms with Gasteiger partial charge in [-0.3, -0.25) is 19.9 Å². The van der Waals surface area contributed by atoms with E-state index in [9.17, 15) is 19.8 Å². The first-order valence-electron chi connectivity index (χ1n) is 6.67. The number of rotatable bonds is 11. The van der Waals surface area contributed by atoms with Crippen LogP contribution in [0.2, 0.25) is 0 Å². The van der Waals surface area contributed by atoms with Crippen LogP contribution < -0.4 is 20.9 Å². The molecule has 130 valence electrons. The molecule has 0 saturated carbocycles. The third kappa shape index (κ3) is 6.31. The lowest BCUT2D eigenvalue weighted by atomic mass is 10.0. The second kappa shape index (κ2) is 8.94. The largest absolute Gasteiger partial charge is 0.480 e. The maximum absolute atomic E-state index is 11.3. The van der Waals surface area contributed by atoms with Crippen LogP contribution in [0.15, 0.2) is 0 Å². The monoisotopic (exact) mass is 354 g/mol. The van der Waals surface area contributed by atoms with Gasteiger partial charge in [-0.25, -0.2) is 0 Å². The number of carboxylic acid groups (broad SMARTS) is 2. The second-order valence-corrected chi connectivity index (χ2v) is 8.47. The van der Waals surface area contributed by atoms with Gasteiger partial charge >= 0.3 is 11.9 Å². The third-order valence-corrected chi connectivity index (χ3v) is 5.00. The predicted octanol–water partition coefficient (Wildman–Crippen LogP) is -0.157. The number of hydrogen-bond donors (Lipinski definition) is 6. The van der Waals surface area contributed by atoms with Crippen LogP contribution in [0.1, 0.15) is 27.7 Å². The van der Waals surface area contributed by atoms with E-state index in [1.807, 2.05) is 0 Å². The Morgan fingerprint density at radius 2 is 1.18 bits per heavy atom. The Kier molecular flexibility index (Phi) is 8.73. The molecule has 0 aliphatic heterocycles. The summed E-state index contributed by atoms with van der Waals surface area (Å²) < 4.78 is -1.38. The number of nitrogens with two attached hydrogens (primary N) is 2. The molecule has 0 aromatic carbocycles.